The van der Waals surface area contributed by atoms with Gasteiger partial charge in [0.25, 0.3) is 0 Å². The molecule has 0 spiro atoms. The van der Waals surface area contributed by atoms with Crippen molar-refractivity contribution in [3.63, 3.8) is 0 Å². The minimum absolute atomic E-state index is 0.0356. The summed E-state index contributed by atoms with van der Waals surface area (Å²) in [5.74, 6) is -0.0680. The van der Waals surface area contributed by atoms with Crippen LogP contribution in [0, 0.1) is 6.92 Å². The molecule has 0 saturated heterocycles. The summed E-state index contributed by atoms with van der Waals surface area (Å²) < 4.78 is 0. The van der Waals surface area contributed by atoms with E-state index in [2.05, 4.69) is 10.3 Å². The monoisotopic (exact) mass is 368 g/mol. The summed E-state index contributed by atoms with van der Waals surface area (Å²) in [4.78, 5) is 29.5. The van der Waals surface area contributed by atoms with Crippen LogP contribution in [0.1, 0.15) is 49.0 Å². The van der Waals surface area contributed by atoms with Gasteiger partial charge in [0.1, 0.15) is 15.1 Å². The summed E-state index contributed by atoms with van der Waals surface area (Å²) in [7, 11) is 0. The van der Waals surface area contributed by atoms with Crippen LogP contribution in [0.15, 0.2) is 11.4 Å². The summed E-state index contributed by atoms with van der Waals surface area (Å²) in [6, 6.07) is 1.72. The molecule has 1 amide bonds. The molecule has 2 aromatic rings. The number of amides is 1. The van der Waals surface area contributed by atoms with E-state index in [1.807, 2.05) is 18.4 Å². The number of thiophene rings is 1. The Morgan fingerprint density at radius 3 is 2.96 bits per heavy atom. The highest BCUT2D eigenvalue weighted by molar-refractivity contribution is 8.00. The van der Waals surface area contributed by atoms with Crippen molar-refractivity contribution in [1.82, 2.24) is 10.3 Å². The fraction of sp³-hybridized carbons (Fsp3) is 0.400. The van der Waals surface area contributed by atoms with Crippen molar-refractivity contribution in [2.45, 2.75) is 31.6 Å². The summed E-state index contributed by atoms with van der Waals surface area (Å²) in [5, 5.41) is 14.6. The Morgan fingerprint density at radius 1 is 1.48 bits per heavy atom. The number of hydrogen-bond acceptors (Lipinski definition) is 6. The molecule has 2 aromatic heterocycles. The second-order valence-electron chi connectivity index (χ2n) is 5.30. The zero-order chi connectivity index (χ0) is 16.6. The number of aromatic nitrogens is 1. The molecule has 0 radical (unpaired) electrons. The molecule has 122 valence electrons. The Hall–Kier alpha value is -1.38. The van der Waals surface area contributed by atoms with Crippen molar-refractivity contribution < 1.29 is 14.7 Å². The van der Waals surface area contributed by atoms with E-state index >= 15 is 0 Å². The van der Waals surface area contributed by atoms with E-state index in [9.17, 15) is 9.59 Å². The fourth-order valence-corrected chi connectivity index (χ4v) is 5.73. The molecule has 1 aliphatic heterocycles. The molecule has 23 heavy (non-hydrogen) atoms. The van der Waals surface area contributed by atoms with Gasteiger partial charge in [0, 0.05) is 4.88 Å². The SMILES string of the molecule is Cc1nc(C(C)NC(=O)C2SCCc3sccc32)sc1C(=O)O. The number of fused-ring (bicyclic) bond motifs is 1. The molecule has 2 atom stereocenters. The van der Waals surface area contributed by atoms with Gasteiger partial charge in [0.2, 0.25) is 5.91 Å². The molecular formula is C15H16N2O3S3. The van der Waals surface area contributed by atoms with Crippen LogP contribution >= 0.6 is 34.4 Å². The normalized spacial score (nSPS) is 18.3. The second-order valence-corrected chi connectivity index (χ2v) is 8.55. The van der Waals surface area contributed by atoms with Crippen LogP contribution in [0.3, 0.4) is 0 Å². The number of carbonyl (C=O) groups is 2. The zero-order valence-corrected chi connectivity index (χ0v) is 15.1. The van der Waals surface area contributed by atoms with Gasteiger partial charge >= 0.3 is 5.97 Å². The number of aryl methyl sites for hydroxylation is 2. The molecule has 2 N–H and O–H groups in total. The van der Waals surface area contributed by atoms with Gasteiger partial charge in [-0.25, -0.2) is 9.78 Å². The molecule has 5 nitrogen and oxygen atoms in total. The summed E-state index contributed by atoms with van der Waals surface area (Å²) >= 11 is 4.48. The molecule has 1 aliphatic rings. The third-order valence-electron chi connectivity index (χ3n) is 3.65. The number of thioether (sulfide) groups is 1. The predicted molar refractivity (Wildman–Crippen MR) is 93.6 cm³/mol. The highest BCUT2D eigenvalue weighted by Crippen LogP contribution is 2.39. The Kier molecular flexibility index (Phi) is 4.74. The molecule has 0 fully saturated rings. The Labute approximate surface area is 146 Å². The molecule has 0 bridgehead atoms. The van der Waals surface area contributed by atoms with E-state index in [1.54, 1.807) is 30.0 Å². The highest BCUT2D eigenvalue weighted by atomic mass is 32.2. The molecular weight excluding hydrogens is 352 g/mol. The van der Waals surface area contributed by atoms with Crippen molar-refractivity contribution >= 4 is 46.3 Å². The minimum atomic E-state index is -0.976. The van der Waals surface area contributed by atoms with E-state index in [4.69, 9.17) is 5.11 Å². The lowest BCUT2D eigenvalue weighted by Gasteiger charge is -2.23. The maximum Gasteiger partial charge on any atom is 0.347 e. The first-order valence-electron chi connectivity index (χ1n) is 7.16. The smallest absolute Gasteiger partial charge is 0.347 e. The lowest BCUT2D eigenvalue weighted by molar-refractivity contribution is -0.121. The van der Waals surface area contributed by atoms with Gasteiger partial charge < -0.3 is 10.4 Å². The van der Waals surface area contributed by atoms with Crippen molar-refractivity contribution in [2.75, 3.05) is 5.75 Å². The second kappa shape index (κ2) is 6.62. The molecule has 0 aliphatic carbocycles. The Balaban J connectivity index is 1.74. The summed E-state index contributed by atoms with van der Waals surface area (Å²) in [5.41, 5.74) is 1.60. The van der Waals surface area contributed by atoms with Crippen molar-refractivity contribution in [3.05, 3.63) is 37.5 Å². The van der Waals surface area contributed by atoms with Gasteiger partial charge in [0.05, 0.1) is 11.7 Å². The average molecular weight is 369 g/mol. The summed E-state index contributed by atoms with van der Waals surface area (Å²) in [6.45, 7) is 3.51. The predicted octanol–water partition coefficient (Wildman–Crippen LogP) is 3.42. The van der Waals surface area contributed by atoms with Crippen LogP contribution in [0.5, 0.6) is 0 Å². The van der Waals surface area contributed by atoms with E-state index < -0.39 is 5.97 Å². The van der Waals surface area contributed by atoms with Crippen LogP contribution in [0.25, 0.3) is 0 Å². The average Bonchev–Trinajstić information content (AvgIpc) is 3.12. The number of carboxylic acid groups (broad SMARTS) is 1. The van der Waals surface area contributed by atoms with Gasteiger partial charge in [-0.15, -0.1) is 34.4 Å². The van der Waals surface area contributed by atoms with E-state index in [0.29, 0.717) is 10.7 Å². The van der Waals surface area contributed by atoms with Crippen LogP contribution in [-0.4, -0.2) is 27.7 Å². The number of nitrogens with zero attached hydrogens (tertiary/aromatic N) is 1. The minimum Gasteiger partial charge on any atom is -0.477 e. The van der Waals surface area contributed by atoms with E-state index in [-0.39, 0.29) is 22.1 Å². The largest absolute Gasteiger partial charge is 0.477 e. The molecule has 0 saturated carbocycles. The first-order valence-corrected chi connectivity index (χ1v) is 9.90. The van der Waals surface area contributed by atoms with Crippen LogP contribution in [-0.2, 0) is 11.2 Å². The quantitative estimate of drug-likeness (QED) is 0.864. The molecule has 0 aromatic carbocycles. The van der Waals surface area contributed by atoms with Crippen molar-refractivity contribution in [1.29, 1.82) is 0 Å². The molecule has 3 rings (SSSR count). The van der Waals surface area contributed by atoms with Gasteiger partial charge in [-0.3, -0.25) is 4.79 Å². The number of rotatable bonds is 4. The van der Waals surface area contributed by atoms with Gasteiger partial charge in [-0.05, 0) is 43.0 Å². The topological polar surface area (TPSA) is 79.3 Å². The first kappa shape index (κ1) is 16.5. The van der Waals surface area contributed by atoms with E-state index in [0.717, 1.165) is 29.1 Å². The van der Waals surface area contributed by atoms with E-state index in [1.165, 1.54) is 4.88 Å². The van der Waals surface area contributed by atoms with Crippen molar-refractivity contribution in [2.24, 2.45) is 0 Å². The number of carboxylic acids is 1. The number of thiazole rings is 1. The van der Waals surface area contributed by atoms with Crippen LogP contribution < -0.4 is 5.32 Å². The lowest BCUT2D eigenvalue weighted by Crippen LogP contribution is -2.31. The number of hydrogen-bond donors (Lipinski definition) is 2. The van der Waals surface area contributed by atoms with Crippen molar-refractivity contribution in [3.8, 4) is 0 Å². The lowest BCUT2D eigenvalue weighted by atomic mass is 10.1. The Bertz CT molecular complexity index is 753. The fourth-order valence-electron chi connectivity index (χ4n) is 2.52. The molecule has 8 heteroatoms. The maximum atomic E-state index is 12.6. The first-order chi connectivity index (χ1) is 11.0. The number of aromatic carboxylic acids is 1. The third kappa shape index (κ3) is 3.29. The standard InChI is InChI=1S/C15H16N2O3S3/c1-7-11(15(19)20)23-14(17-7)8(2)16-13(18)12-9-3-5-21-10(9)4-6-22-12/h3,5,8,12H,4,6H2,1-2H3,(H,16,18)(H,19,20). The van der Waals surface area contributed by atoms with Crippen LogP contribution in [0.4, 0.5) is 0 Å². The Morgan fingerprint density at radius 2 is 2.26 bits per heavy atom. The zero-order valence-electron chi connectivity index (χ0n) is 12.7. The highest BCUT2D eigenvalue weighted by Gasteiger charge is 2.29. The maximum absolute atomic E-state index is 12.6. The molecule has 3 heterocycles. The van der Waals surface area contributed by atoms with Crippen LogP contribution in [0.2, 0.25) is 0 Å². The third-order valence-corrected chi connectivity index (χ3v) is 7.22. The van der Waals surface area contributed by atoms with Gasteiger partial charge in [0.15, 0.2) is 0 Å². The number of carbonyl (C=O) groups excluding carboxylic acids is 1. The number of nitrogens with one attached hydrogen (secondary N) is 1. The van der Waals surface area contributed by atoms with Gasteiger partial charge in [-0.1, -0.05) is 0 Å². The summed E-state index contributed by atoms with van der Waals surface area (Å²) in [6.07, 6.45) is 1.02. The van der Waals surface area contributed by atoms with Gasteiger partial charge in [-0.2, -0.15) is 0 Å². The molecule has 2 unspecified atom stereocenters.